The molecule has 3 aliphatic rings. The molecule has 4 heterocycles. The molecule has 0 N–H and O–H groups in total. The zero-order chi connectivity index (χ0) is 24.3. The number of hydrogen-bond donors (Lipinski definition) is 0. The summed E-state index contributed by atoms with van der Waals surface area (Å²) in [5.74, 6) is -0.0653. The van der Waals surface area contributed by atoms with Gasteiger partial charge < -0.3 is 14.4 Å². The van der Waals surface area contributed by atoms with E-state index in [1.54, 1.807) is 0 Å². The zero-order valence-electron chi connectivity index (χ0n) is 20.9. The molecule has 2 fully saturated rings. The summed E-state index contributed by atoms with van der Waals surface area (Å²) in [5, 5.41) is 1.27. The van der Waals surface area contributed by atoms with Crippen molar-refractivity contribution in [3.63, 3.8) is 0 Å². The summed E-state index contributed by atoms with van der Waals surface area (Å²) >= 11 is 0. The first-order chi connectivity index (χ1) is 16.9. The van der Waals surface area contributed by atoms with Crippen LogP contribution in [0.4, 0.5) is 0 Å². The number of hydrogen-bond acceptors (Lipinski definition) is 3. The van der Waals surface area contributed by atoms with Crippen molar-refractivity contribution in [1.82, 2.24) is 19.3 Å². The quantitative estimate of drug-likeness (QED) is 0.579. The minimum Gasteiger partial charge on any atom is -0.350 e. The summed E-state index contributed by atoms with van der Waals surface area (Å²) in [5.41, 5.74) is 3.61. The van der Waals surface area contributed by atoms with Crippen LogP contribution in [0.25, 0.3) is 10.9 Å². The van der Waals surface area contributed by atoms with E-state index in [9.17, 15) is 9.59 Å². The number of likely N-dealkylation sites (tertiary alicyclic amines) is 2. The van der Waals surface area contributed by atoms with Gasteiger partial charge >= 0.3 is 0 Å². The van der Waals surface area contributed by atoms with Gasteiger partial charge in [0.05, 0.1) is 11.5 Å². The third-order valence-electron chi connectivity index (χ3n) is 8.29. The first-order valence-electron chi connectivity index (χ1n) is 12.9. The van der Waals surface area contributed by atoms with Crippen molar-refractivity contribution in [3.05, 3.63) is 71.4 Å². The van der Waals surface area contributed by atoms with Crippen LogP contribution in [0.1, 0.15) is 54.1 Å². The molecule has 0 saturated carbocycles. The highest BCUT2D eigenvalue weighted by molar-refractivity contribution is 6.02. The number of aryl methyl sites for hydroxylation is 1. The number of amides is 2. The van der Waals surface area contributed by atoms with Crippen LogP contribution in [0.15, 0.2) is 54.7 Å². The molecule has 182 valence electrons. The Balaban J connectivity index is 1.38. The summed E-state index contributed by atoms with van der Waals surface area (Å²) < 4.78 is 2.18. The van der Waals surface area contributed by atoms with Crippen molar-refractivity contribution in [2.75, 3.05) is 26.2 Å². The van der Waals surface area contributed by atoms with Crippen molar-refractivity contribution in [2.24, 2.45) is 7.05 Å². The number of fused-ring (bicyclic) bond motifs is 2. The highest BCUT2D eigenvalue weighted by atomic mass is 16.2. The zero-order valence-corrected chi connectivity index (χ0v) is 20.9. The molecule has 3 aromatic rings. The number of carbonyl (C=O) groups excluding carboxylic acids is 2. The maximum absolute atomic E-state index is 14.1. The molecule has 3 aliphatic heterocycles. The summed E-state index contributed by atoms with van der Waals surface area (Å²) in [6.45, 7) is 8.04. The third kappa shape index (κ3) is 3.33. The van der Waals surface area contributed by atoms with E-state index in [0.29, 0.717) is 18.7 Å². The molecule has 2 amide bonds. The van der Waals surface area contributed by atoms with E-state index >= 15 is 0 Å². The molecule has 1 spiro atoms. The highest BCUT2D eigenvalue weighted by Crippen LogP contribution is 2.49. The van der Waals surface area contributed by atoms with Gasteiger partial charge in [-0.2, -0.15) is 0 Å². The van der Waals surface area contributed by atoms with Crippen molar-refractivity contribution in [1.29, 1.82) is 0 Å². The van der Waals surface area contributed by atoms with Crippen molar-refractivity contribution >= 4 is 22.7 Å². The van der Waals surface area contributed by atoms with Crippen molar-refractivity contribution in [2.45, 2.75) is 50.7 Å². The summed E-state index contributed by atoms with van der Waals surface area (Å²) in [7, 11) is 2.09. The Morgan fingerprint density at radius 1 is 1.03 bits per heavy atom. The molecule has 6 rings (SSSR count). The number of para-hydroxylation sites is 1. The summed E-state index contributed by atoms with van der Waals surface area (Å²) in [6.07, 6.45) is 4.34. The molecule has 0 bridgehead atoms. The third-order valence-corrected chi connectivity index (χ3v) is 8.29. The lowest BCUT2D eigenvalue weighted by molar-refractivity contribution is -0.143. The van der Waals surface area contributed by atoms with Crippen LogP contribution in [0.2, 0.25) is 0 Å². The fourth-order valence-corrected chi connectivity index (χ4v) is 6.90. The molecule has 2 saturated heterocycles. The maximum Gasteiger partial charge on any atom is 0.254 e. The molecular weight excluding hydrogens is 436 g/mol. The van der Waals surface area contributed by atoms with E-state index < -0.39 is 5.54 Å². The molecule has 1 atom stereocenters. The lowest BCUT2D eigenvalue weighted by Gasteiger charge is -2.62. The SMILES string of the molecule is CC(C)N1C(=O)c2ccccc2C(C(=O)N2CCCC2)C12CN(Cc1cn(C)c3ccccc13)C2. The lowest BCUT2D eigenvalue weighted by atomic mass is 9.67. The van der Waals surface area contributed by atoms with Crippen molar-refractivity contribution < 1.29 is 9.59 Å². The van der Waals surface area contributed by atoms with Crippen LogP contribution < -0.4 is 0 Å². The maximum atomic E-state index is 14.1. The Labute approximate surface area is 207 Å². The predicted molar refractivity (Wildman–Crippen MR) is 137 cm³/mol. The van der Waals surface area contributed by atoms with E-state index in [1.165, 1.54) is 16.5 Å². The van der Waals surface area contributed by atoms with Gasteiger partial charge in [0.1, 0.15) is 0 Å². The molecule has 2 aromatic carbocycles. The van der Waals surface area contributed by atoms with Crippen LogP contribution >= 0.6 is 0 Å². The number of rotatable bonds is 4. The molecular formula is C29H34N4O2. The van der Waals surface area contributed by atoms with Crippen LogP contribution in [-0.4, -0.2) is 68.8 Å². The van der Waals surface area contributed by atoms with E-state index in [1.807, 2.05) is 34.1 Å². The van der Waals surface area contributed by atoms with Gasteiger partial charge in [-0.1, -0.05) is 36.4 Å². The first-order valence-corrected chi connectivity index (χ1v) is 12.9. The number of benzene rings is 2. The minimum absolute atomic E-state index is 0.0180. The number of aromatic nitrogens is 1. The Hall–Kier alpha value is -3.12. The van der Waals surface area contributed by atoms with Crippen LogP contribution in [0.5, 0.6) is 0 Å². The molecule has 35 heavy (non-hydrogen) atoms. The molecule has 0 aliphatic carbocycles. The number of carbonyl (C=O) groups is 2. The van der Waals surface area contributed by atoms with E-state index in [-0.39, 0.29) is 23.8 Å². The van der Waals surface area contributed by atoms with Gasteiger partial charge in [0.2, 0.25) is 5.91 Å². The second-order valence-corrected chi connectivity index (χ2v) is 10.9. The smallest absolute Gasteiger partial charge is 0.254 e. The normalized spacial score (nSPS) is 21.7. The second-order valence-electron chi connectivity index (χ2n) is 10.9. The Morgan fingerprint density at radius 3 is 2.46 bits per heavy atom. The van der Waals surface area contributed by atoms with Crippen LogP contribution in [-0.2, 0) is 18.4 Å². The second kappa shape index (κ2) is 8.23. The van der Waals surface area contributed by atoms with E-state index in [0.717, 1.165) is 38.0 Å². The Bertz CT molecular complexity index is 1300. The van der Waals surface area contributed by atoms with Crippen LogP contribution in [0.3, 0.4) is 0 Å². The molecule has 6 heteroatoms. The van der Waals surface area contributed by atoms with E-state index in [2.05, 4.69) is 60.8 Å². The largest absolute Gasteiger partial charge is 0.350 e. The molecule has 1 aromatic heterocycles. The van der Waals surface area contributed by atoms with Gasteiger partial charge in [0.15, 0.2) is 0 Å². The van der Waals surface area contributed by atoms with Gasteiger partial charge in [0.25, 0.3) is 5.91 Å². The monoisotopic (exact) mass is 470 g/mol. The molecule has 0 radical (unpaired) electrons. The Morgan fingerprint density at radius 2 is 1.71 bits per heavy atom. The van der Waals surface area contributed by atoms with Gasteiger partial charge in [-0.15, -0.1) is 0 Å². The van der Waals surface area contributed by atoms with E-state index in [4.69, 9.17) is 0 Å². The molecule has 6 nitrogen and oxygen atoms in total. The predicted octanol–water partition coefficient (Wildman–Crippen LogP) is 4.00. The standard InChI is InChI=1S/C29H34N4O2/c1-20(2)33-27(34)24-12-5-4-11-23(24)26(28(35)32-14-8-9-15-32)29(33)18-31(19-29)17-21-16-30(3)25-13-7-6-10-22(21)25/h4-7,10-13,16,20,26H,8-9,14-15,17-19H2,1-3H3. The van der Waals surface area contributed by atoms with Crippen LogP contribution in [0, 0.1) is 0 Å². The average Bonchev–Trinajstić information content (AvgIpc) is 3.47. The van der Waals surface area contributed by atoms with Gasteiger partial charge in [-0.05, 0) is 49.9 Å². The minimum atomic E-state index is -0.510. The van der Waals surface area contributed by atoms with Gasteiger partial charge in [0, 0.05) is 68.5 Å². The topological polar surface area (TPSA) is 48.8 Å². The Kier molecular flexibility index (Phi) is 5.26. The molecule has 1 unspecified atom stereocenters. The van der Waals surface area contributed by atoms with Crippen molar-refractivity contribution in [3.8, 4) is 0 Å². The summed E-state index contributed by atoms with van der Waals surface area (Å²) in [4.78, 5) is 34.3. The lowest BCUT2D eigenvalue weighted by Crippen LogP contribution is -2.77. The first kappa shape index (κ1) is 22.4. The fraction of sp³-hybridized carbons (Fsp3) is 0.448. The van der Waals surface area contributed by atoms with Gasteiger partial charge in [-0.25, -0.2) is 0 Å². The fourth-order valence-electron chi connectivity index (χ4n) is 6.90. The van der Waals surface area contributed by atoms with Gasteiger partial charge in [-0.3, -0.25) is 14.5 Å². The summed E-state index contributed by atoms with van der Waals surface area (Å²) in [6, 6.07) is 16.3. The highest BCUT2D eigenvalue weighted by Gasteiger charge is 2.61. The average molecular weight is 471 g/mol. The number of nitrogens with zero attached hydrogens (tertiary/aromatic N) is 4.